The third-order valence-corrected chi connectivity index (χ3v) is 7.34. The number of ether oxygens (including phenoxy) is 1. The van der Waals surface area contributed by atoms with E-state index >= 15 is 0 Å². The number of hydrazone groups is 1. The van der Waals surface area contributed by atoms with Crippen LogP contribution >= 0.6 is 68.1 Å². The molecule has 4 rings (SSSR count). The Bertz CT molecular complexity index is 1430. The summed E-state index contributed by atoms with van der Waals surface area (Å²) in [6.45, 7) is -0.0157. The highest BCUT2D eigenvalue weighted by molar-refractivity contribution is 14.1. The van der Waals surface area contributed by atoms with Gasteiger partial charge in [-0.1, -0.05) is 23.7 Å². The van der Waals surface area contributed by atoms with E-state index in [4.69, 9.17) is 21.6 Å². The summed E-state index contributed by atoms with van der Waals surface area (Å²) in [4.78, 5) is 17.1. The molecule has 0 bridgehead atoms. The van der Waals surface area contributed by atoms with E-state index in [1.54, 1.807) is 18.3 Å². The number of nitriles is 1. The molecule has 0 saturated heterocycles. The minimum Gasteiger partial charge on any atom is -0.477 e. The molecule has 0 fully saturated rings. The summed E-state index contributed by atoms with van der Waals surface area (Å²) < 4.78 is 7.15. The zero-order chi connectivity index (χ0) is 25.5. The molecule has 0 aliphatic rings. The second-order valence-corrected chi connectivity index (χ2v) is 10.8. The predicted molar refractivity (Wildman–Crippen MR) is 160 cm³/mol. The van der Waals surface area contributed by atoms with Crippen LogP contribution in [0.2, 0.25) is 5.02 Å². The zero-order valence-electron chi connectivity index (χ0n) is 18.3. The first-order valence-corrected chi connectivity index (χ1v) is 13.7. The number of aromatic nitrogens is 1. The van der Waals surface area contributed by atoms with Crippen molar-refractivity contribution in [2.45, 2.75) is 0 Å². The van der Waals surface area contributed by atoms with Crippen LogP contribution in [0.15, 0.2) is 71.1 Å². The summed E-state index contributed by atoms with van der Waals surface area (Å²) in [6, 6.07) is 20.3. The Morgan fingerprint density at radius 1 is 1.14 bits per heavy atom. The Morgan fingerprint density at radius 2 is 1.83 bits per heavy atom. The molecule has 0 atom stereocenters. The fraction of sp³-hybridized carbons (Fsp3) is 0.0400. The van der Waals surface area contributed by atoms with E-state index in [9.17, 15) is 4.79 Å². The van der Waals surface area contributed by atoms with Crippen LogP contribution in [0.25, 0.3) is 11.3 Å². The van der Waals surface area contributed by atoms with Crippen molar-refractivity contribution < 1.29 is 9.53 Å². The number of thiazole rings is 1. The van der Waals surface area contributed by atoms with Crippen LogP contribution in [0.1, 0.15) is 15.9 Å². The molecule has 1 amide bonds. The molecule has 11 heteroatoms. The average molecular weight is 740 g/mol. The van der Waals surface area contributed by atoms with Crippen molar-refractivity contribution in [2.24, 2.45) is 5.10 Å². The van der Waals surface area contributed by atoms with E-state index in [1.165, 1.54) is 11.3 Å². The third-order valence-electron chi connectivity index (χ3n) is 4.72. The van der Waals surface area contributed by atoms with Gasteiger partial charge in [-0.25, -0.2) is 10.4 Å². The largest absolute Gasteiger partial charge is 0.477 e. The van der Waals surface area contributed by atoms with E-state index in [2.05, 4.69) is 66.0 Å². The van der Waals surface area contributed by atoms with Crippen LogP contribution in [0, 0.1) is 18.5 Å². The minimum atomic E-state index is -0.320. The van der Waals surface area contributed by atoms with Gasteiger partial charge in [0.05, 0.1) is 19.0 Å². The van der Waals surface area contributed by atoms with Gasteiger partial charge in [0.2, 0.25) is 0 Å². The standard InChI is InChI=1S/C25H16ClI2N5O2S/c26-18-5-7-19(8-6-18)31-25-32-22(14-36-25)16-1-3-17(4-2-16)24(34)33-30-13-15-11-20(27)23(21(28)12-15)35-10-9-29/h1-8,11-14H,10H2,(H,31,32)(H,33,34)/b30-13-. The van der Waals surface area contributed by atoms with Gasteiger partial charge in [0.25, 0.3) is 5.91 Å². The van der Waals surface area contributed by atoms with Gasteiger partial charge in [0, 0.05) is 27.2 Å². The van der Waals surface area contributed by atoms with Gasteiger partial charge in [-0.05, 0) is 99.3 Å². The molecule has 1 aromatic heterocycles. The van der Waals surface area contributed by atoms with Crippen molar-refractivity contribution in [3.63, 3.8) is 0 Å². The first-order valence-electron chi connectivity index (χ1n) is 10.3. The van der Waals surface area contributed by atoms with Crippen molar-refractivity contribution in [1.29, 1.82) is 5.26 Å². The lowest BCUT2D eigenvalue weighted by Crippen LogP contribution is -2.17. The Balaban J connectivity index is 1.36. The summed E-state index contributed by atoms with van der Waals surface area (Å²) in [5.41, 5.74) is 6.45. The second-order valence-electron chi connectivity index (χ2n) is 7.21. The molecule has 0 aliphatic carbocycles. The fourth-order valence-electron chi connectivity index (χ4n) is 3.04. The van der Waals surface area contributed by atoms with Crippen LogP contribution < -0.4 is 15.5 Å². The highest BCUT2D eigenvalue weighted by Gasteiger charge is 2.10. The van der Waals surface area contributed by atoms with Crippen LogP contribution in [-0.2, 0) is 0 Å². The van der Waals surface area contributed by atoms with E-state index in [0.29, 0.717) is 16.3 Å². The molecule has 2 N–H and O–H groups in total. The molecule has 36 heavy (non-hydrogen) atoms. The minimum absolute atomic E-state index is 0.0157. The lowest BCUT2D eigenvalue weighted by Gasteiger charge is -2.08. The fourth-order valence-corrected chi connectivity index (χ4v) is 6.03. The van der Waals surface area contributed by atoms with E-state index in [-0.39, 0.29) is 12.5 Å². The maximum atomic E-state index is 12.5. The van der Waals surface area contributed by atoms with Gasteiger partial charge in [-0.3, -0.25) is 4.79 Å². The molecule has 0 radical (unpaired) electrons. The molecule has 180 valence electrons. The maximum absolute atomic E-state index is 12.5. The van der Waals surface area contributed by atoms with Crippen molar-refractivity contribution >= 4 is 91.1 Å². The van der Waals surface area contributed by atoms with Gasteiger partial charge >= 0.3 is 0 Å². The number of rotatable bonds is 8. The van der Waals surface area contributed by atoms with Gasteiger partial charge in [-0.15, -0.1) is 11.3 Å². The Hall–Kier alpha value is -2.73. The smallest absolute Gasteiger partial charge is 0.271 e. The van der Waals surface area contributed by atoms with Crippen molar-refractivity contribution in [1.82, 2.24) is 10.4 Å². The number of carbonyl (C=O) groups excluding carboxylic acids is 1. The molecule has 4 aromatic rings. The number of carbonyl (C=O) groups is 1. The highest BCUT2D eigenvalue weighted by atomic mass is 127. The number of halogens is 3. The summed E-state index contributed by atoms with van der Waals surface area (Å²) in [7, 11) is 0. The zero-order valence-corrected chi connectivity index (χ0v) is 24.2. The molecule has 0 spiro atoms. The number of anilines is 2. The van der Waals surface area contributed by atoms with Gasteiger partial charge < -0.3 is 10.1 Å². The summed E-state index contributed by atoms with van der Waals surface area (Å²) >= 11 is 11.7. The number of hydrogen-bond donors (Lipinski definition) is 2. The van der Waals surface area contributed by atoms with Gasteiger partial charge in [0.1, 0.15) is 11.8 Å². The number of benzene rings is 3. The topological polar surface area (TPSA) is 99.4 Å². The van der Waals surface area contributed by atoms with Crippen LogP contribution in [0.5, 0.6) is 5.75 Å². The lowest BCUT2D eigenvalue weighted by molar-refractivity contribution is 0.0955. The average Bonchev–Trinajstić information content (AvgIpc) is 3.33. The summed E-state index contributed by atoms with van der Waals surface area (Å²) in [6.07, 6.45) is 1.56. The molecule has 0 aliphatic heterocycles. The van der Waals surface area contributed by atoms with Gasteiger partial charge in [0.15, 0.2) is 11.7 Å². The first kappa shape index (κ1) is 26.3. The van der Waals surface area contributed by atoms with Crippen molar-refractivity contribution in [3.05, 3.63) is 89.3 Å². The highest BCUT2D eigenvalue weighted by Crippen LogP contribution is 2.29. The normalized spacial score (nSPS) is 10.7. The molecule has 3 aromatic carbocycles. The Kier molecular flexibility index (Phi) is 9.13. The maximum Gasteiger partial charge on any atom is 0.271 e. The number of amides is 1. The molecule has 0 unspecified atom stereocenters. The Labute approximate surface area is 243 Å². The number of hydrogen-bond acceptors (Lipinski definition) is 7. The lowest BCUT2D eigenvalue weighted by atomic mass is 10.1. The van der Waals surface area contributed by atoms with Crippen LogP contribution in [0.4, 0.5) is 10.8 Å². The van der Waals surface area contributed by atoms with E-state index < -0.39 is 0 Å². The van der Waals surface area contributed by atoms with Crippen molar-refractivity contribution in [3.8, 4) is 23.1 Å². The summed E-state index contributed by atoms with van der Waals surface area (Å²) in [5, 5.41) is 19.4. The van der Waals surface area contributed by atoms with Crippen molar-refractivity contribution in [2.75, 3.05) is 11.9 Å². The second kappa shape index (κ2) is 12.5. The molecular weight excluding hydrogens is 724 g/mol. The van der Waals surface area contributed by atoms with Gasteiger partial charge in [-0.2, -0.15) is 10.4 Å². The quantitative estimate of drug-likeness (QED) is 0.114. The molecule has 1 heterocycles. The molecular formula is C25H16ClI2N5O2S. The van der Waals surface area contributed by atoms with E-state index in [1.807, 2.05) is 60.0 Å². The van der Waals surface area contributed by atoms with Crippen LogP contribution in [0.3, 0.4) is 0 Å². The first-order chi connectivity index (χ1) is 17.4. The molecule has 7 nitrogen and oxygen atoms in total. The summed E-state index contributed by atoms with van der Waals surface area (Å²) in [5.74, 6) is 0.339. The molecule has 0 saturated carbocycles. The predicted octanol–water partition coefficient (Wildman–Crippen LogP) is 7.08. The number of nitrogens with zero attached hydrogens (tertiary/aromatic N) is 3. The third kappa shape index (κ3) is 6.94. The SMILES string of the molecule is N#CCOc1c(I)cc(/C=N\NC(=O)c2ccc(-c3csc(Nc4ccc(Cl)cc4)n3)cc2)cc1I. The monoisotopic (exact) mass is 739 g/mol. The number of nitrogens with one attached hydrogen (secondary N) is 2. The Morgan fingerprint density at radius 3 is 2.50 bits per heavy atom. The van der Waals surface area contributed by atoms with E-state index in [0.717, 1.165) is 34.8 Å². The van der Waals surface area contributed by atoms with Crippen LogP contribution in [-0.4, -0.2) is 23.7 Å².